The van der Waals surface area contributed by atoms with Gasteiger partial charge in [-0.25, -0.2) is 18.6 Å². The van der Waals surface area contributed by atoms with E-state index in [-0.39, 0.29) is 20.6 Å². The first-order valence-electron chi connectivity index (χ1n) is 4.73. The van der Waals surface area contributed by atoms with E-state index in [0.717, 1.165) is 23.5 Å². The predicted octanol–water partition coefficient (Wildman–Crippen LogP) is 3.53. The Bertz CT molecular complexity index is 615. The minimum Gasteiger partial charge on any atom is -0.465 e. The van der Waals surface area contributed by atoms with Gasteiger partial charge in [0.1, 0.15) is 16.6 Å². The van der Waals surface area contributed by atoms with Gasteiger partial charge in [0.25, 0.3) is 0 Å². The van der Waals surface area contributed by atoms with Crippen LogP contribution in [0, 0.1) is 11.6 Å². The molecule has 2 rings (SSSR count). The topological polar surface area (TPSA) is 39.2 Å². The smallest absolute Gasteiger partial charge is 0.351 e. The molecular weight excluding hydrogens is 284 g/mol. The fraction of sp³-hybridized carbons (Fsp3) is 0.0909. The van der Waals surface area contributed by atoms with Gasteiger partial charge in [0.2, 0.25) is 0 Å². The fourth-order valence-electron chi connectivity index (χ4n) is 1.30. The monoisotopic (exact) mass is 289 g/mol. The number of methoxy groups -OCH3 is 1. The molecule has 0 unspecified atom stereocenters. The number of rotatable bonds is 2. The quantitative estimate of drug-likeness (QED) is 0.794. The largest absolute Gasteiger partial charge is 0.465 e. The highest BCUT2D eigenvalue weighted by molar-refractivity contribution is 7.17. The fourth-order valence-corrected chi connectivity index (χ4v) is 2.53. The maximum Gasteiger partial charge on any atom is 0.351 e. The number of hydrogen-bond acceptors (Lipinski definition) is 4. The first-order chi connectivity index (χ1) is 8.52. The molecule has 0 aliphatic rings. The Kier molecular flexibility index (Phi) is 3.58. The summed E-state index contributed by atoms with van der Waals surface area (Å²) in [7, 11) is 1.20. The van der Waals surface area contributed by atoms with Crippen molar-refractivity contribution in [2.24, 2.45) is 0 Å². The van der Waals surface area contributed by atoms with E-state index >= 15 is 0 Å². The summed E-state index contributed by atoms with van der Waals surface area (Å²) in [5.74, 6) is -2.10. The van der Waals surface area contributed by atoms with Crippen LogP contribution in [0.3, 0.4) is 0 Å². The van der Waals surface area contributed by atoms with E-state index in [1.807, 2.05) is 0 Å². The number of benzene rings is 1. The molecule has 18 heavy (non-hydrogen) atoms. The van der Waals surface area contributed by atoms with Crippen LogP contribution in [0.1, 0.15) is 9.67 Å². The molecule has 94 valence electrons. The van der Waals surface area contributed by atoms with Crippen molar-refractivity contribution < 1.29 is 18.3 Å². The molecule has 3 nitrogen and oxygen atoms in total. The standard InChI is InChI=1S/C11H6ClF2NO2S/c1-17-11(16)8-9(12)15-10(18-8)6-3-2-5(13)4-7(6)14/h2-4H,1H3. The van der Waals surface area contributed by atoms with Crippen molar-refractivity contribution in [1.29, 1.82) is 0 Å². The van der Waals surface area contributed by atoms with Crippen LogP contribution >= 0.6 is 22.9 Å². The van der Waals surface area contributed by atoms with Gasteiger partial charge in [-0.15, -0.1) is 11.3 Å². The van der Waals surface area contributed by atoms with E-state index < -0.39 is 17.6 Å². The van der Waals surface area contributed by atoms with E-state index in [4.69, 9.17) is 11.6 Å². The molecule has 0 aliphatic heterocycles. The zero-order valence-corrected chi connectivity index (χ0v) is 10.6. The van der Waals surface area contributed by atoms with Crippen molar-refractivity contribution in [1.82, 2.24) is 4.98 Å². The lowest BCUT2D eigenvalue weighted by Crippen LogP contribution is -1.98. The second-order valence-corrected chi connectivity index (χ2v) is 4.61. The van der Waals surface area contributed by atoms with Crippen molar-refractivity contribution in [3.8, 4) is 10.6 Å². The van der Waals surface area contributed by atoms with Gasteiger partial charge in [-0.2, -0.15) is 0 Å². The van der Waals surface area contributed by atoms with Gasteiger partial charge < -0.3 is 4.74 Å². The van der Waals surface area contributed by atoms with Crippen LogP contribution in [0.2, 0.25) is 5.15 Å². The lowest BCUT2D eigenvalue weighted by molar-refractivity contribution is 0.0606. The van der Waals surface area contributed by atoms with E-state index in [9.17, 15) is 13.6 Å². The van der Waals surface area contributed by atoms with Crippen molar-refractivity contribution in [3.63, 3.8) is 0 Å². The lowest BCUT2D eigenvalue weighted by atomic mass is 10.2. The molecule has 0 spiro atoms. The summed E-state index contributed by atoms with van der Waals surface area (Å²) in [6.45, 7) is 0. The maximum atomic E-state index is 13.5. The molecule has 1 aromatic carbocycles. The number of hydrogen-bond donors (Lipinski definition) is 0. The highest BCUT2D eigenvalue weighted by atomic mass is 35.5. The summed E-state index contributed by atoms with van der Waals surface area (Å²) in [6, 6.07) is 3.08. The number of esters is 1. The normalized spacial score (nSPS) is 10.4. The molecule has 0 aliphatic carbocycles. The molecule has 0 fully saturated rings. The van der Waals surface area contributed by atoms with Gasteiger partial charge in [0.05, 0.1) is 7.11 Å². The second-order valence-electron chi connectivity index (χ2n) is 3.25. The Morgan fingerprint density at radius 2 is 2.17 bits per heavy atom. The number of halogens is 3. The molecule has 0 amide bonds. The van der Waals surface area contributed by atoms with E-state index in [1.54, 1.807) is 0 Å². The predicted molar refractivity (Wildman–Crippen MR) is 63.8 cm³/mol. The Hall–Kier alpha value is -1.53. The van der Waals surface area contributed by atoms with Gasteiger partial charge in [-0.05, 0) is 12.1 Å². The minimum atomic E-state index is -0.767. The Morgan fingerprint density at radius 3 is 2.78 bits per heavy atom. The summed E-state index contributed by atoms with van der Waals surface area (Å²) in [6.07, 6.45) is 0. The molecule has 0 atom stereocenters. The van der Waals surface area contributed by atoms with Crippen LogP contribution in [0.4, 0.5) is 8.78 Å². The molecule has 0 N–H and O–H groups in total. The van der Waals surface area contributed by atoms with E-state index in [0.29, 0.717) is 0 Å². The molecule has 7 heteroatoms. The summed E-state index contributed by atoms with van der Waals surface area (Å²) in [4.78, 5) is 15.3. The van der Waals surface area contributed by atoms with Crippen molar-refractivity contribution in [2.45, 2.75) is 0 Å². The molecule has 0 saturated carbocycles. The number of ether oxygens (including phenoxy) is 1. The highest BCUT2D eigenvalue weighted by Crippen LogP contribution is 2.32. The van der Waals surface area contributed by atoms with Gasteiger partial charge in [0, 0.05) is 11.6 Å². The Labute approximate surface area is 110 Å². The number of aromatic nitrogens is 1. The zero-order valence-electron chi connectivity index (χ0n) is 9.04. The molecule has 0 bridgehead atoms. The van der Waals surface area contributed by atoms with Gasteiger partial charge in [-0.1, -0.05) is 11.6 Å². The molecule has 0 saturated heterocycles. The first-order valence-corrected chi connectivity index (χ1v) is 5.92. The third kappa shape index (κ3) is 2.34. The first kappa shape index (κ1) is 12.9. The molecule has 1 heterocycles. The maximum absolute atomic E-state index is 13.5. The average molecular weight is 290 g/mol. The summed E-state index contributed by atoms with van der Waals surface area (Å²) < 4.78 is 30.8. The minimum absolute atomic E-state index is 0.0643. The molecule has 1 aromatic heterocycles. The second kappa shape index (κ2) is 4.99. The SMILES string of the molecule is COC(=O)c1sc(-c2ccc(F)cc2F)nc1Cl. The van der Waals surface area contributed by atoms with Crippen molar-refractivity contribution >= 4 is 28.9 Å². The Morgan fingerprint density at radius 1 is 1.44 bits per heavy atom. The van der Waals surface area contributed by atoms with E-state index in [1.165, 1.54) is 13.2 Å². The van der Waals surface area contributed by atoms with Crippen molar-refractivity contribution in [2.75, 3.05) is 7.11 Å². The van der Waals surface area contributed by atoms with Crippen LogP contribution in [0.25, 0.3) is 10.6 Å². The van der Waals surface area contributed by atoms with Crippen LogP contribution in [-0.4, -0.2) is 18.1 Å². The van der Waals surface area contributed by atoms with Crippen LogP contribution in [-0.2, 0) is 4.74 Å². The number of carbonyl (C=O) groups is 1. The van der Waals surface area contributed by atoms with Crippen LogP contribution in [0.15, 0.2) is 18.2 Å². The zero-order chi connectivity index (χ0) is 13.3. The molecular formula is C11H6ClF2NO2S. The number of nitrogens with zero attached hydrogens (tertiary/aromatic N) is 1. The van der Waals surface area contributed by atoms with Crippen LogP contribution in [0.5, 0.6) is 0 Å². The number of carbonyl (C=O) groups excluding carboxylic acids is 1. The van der Waals surface area contributed by atoms with Crippen molar-refractivity contribution in [3.05, 3.63) is 39.9 Å². The summed E-state index contributed by atoms with van der Waals surface area (Å²) >= 11 is 6.64. The van der Waals surface area contributed by atoms with Crippen LogP contribution < -0.4 is 0 Å². The third-order valence-electron chi connectivity index (χ3n) is 2.12. The van der Waals surface area contributed by atoms with E-state index in [2.05, 4.69) is 9.72 Å². The molecule has 2 aromatic rings. The highest BCUT2D eigenvalue weighted by Gasteiger charge is 2.19. The lowest BCUT2D eigenvalue weighted by Gasteiger charge is -1.98. The van der Waals surface area contributed by atoms with Gasteiger partial charge in [0.15, 0.2) is 10.0 Å². The number of thiazole rings is 1. The Balaban J connectivity index is 2.49. The van der Waals surface area contributed by atoms with Gasteiger partial charge in [-0.3, -0.25) is 0 Å². The van der Waals surface area contributed by atoms with Gasteiger partial charge >= 0.3 is 5.97 Å². The average Bonchev–Trinajstić information content (AvgIpc) is 2.70. The summed E-state index contributed by atoms with van der Waals surface area (Å²) in [5.41, 5.74) is 0.0819. The summed E-state index contributed by atoms with van der Waals surface area (Å²) in [5, 5.41) is 0.128. The third-order valence-corrected chi connectivity index (χ3v) is 3.57. The molecule has 0 radical (unpaired) electrons.